The van der Waals surface area contributed by atoms with Crippen LogP contribution in [-0.4, -0.2) is 71.8 Å². The molecule has 3 aromatic carbocycles. The third-order valence-corrected chi connectivity index (χ3v) is 9.43. The first-order valence-electron chi connectivity index (χ1n) is 16.8. The molecule has 11 nitrogen and oxygen atoms in total. The van der Waals surface area contributed by atoms with Crippen LogP contribution >= 0.6 is 0 Å². The van der Waals surface area contributed by atoms with Gasteiger partial charge in [0.25, 0.3) is 0 Å². The number of nitrogens with zero attached hydrogens (tertiary/aromatic N) is 1. The predicted molar refractivity (Wildman–Crippen MR) is 176 cm³/mol. The number of hydrogen-bond donors (Lipinski definition) is 4. The Morgan fingerprint density at radius 1 is 0.854 bits per heavy atom. The van der Waals surface area contributed by atoms with Crippen molar-refractivity contribution in [1.82, 2.24) is 15.7 Å². The Morgan fingerprint density at radius 3 is 2.25 bits per heavy atom. The van der Waals surface area contributed by atoms with Crippen LogP contribution in [0.25, 0.3) is 11.1 Å². The highest BCUT2D eigenvalue weighted by atomic mass is 16.7. The summed E-state index contributed by atoms with van der Waals surface area (Å²) in [7, 11) is 0. The summed E-state index contributed by atoms with van der Waals surface area (Å²) in [5.74, 6) is -1.08. The summed E-state index contributed by atoms with van der Waals surface area (Å²) in [5, 5.41) is 21.1. The van der Waals surface area contributed by atoms with Gasteiger partial charge in [0.2, 0.25) is 11.8 Å². The van der Waals surface area contributed by atoms with Crippen molar-refractivity contribution in [1.29, 1.82) is 0 Å². The maximum absolute atomic E-state index is 12.4. The van der Waals surface area contributed by atoms with Crippen molar-refractivity contribution < 1.29 is 38.9 Å². The van der Waals surface area contributed by atoms with Crippen LogP contribution in [0.15, 0.2) is 72.8 Å². The Morgan fingerprint density at radius 2 is 1.54 bits per heavy atom. The summed E-state index contributed by atoms with van der Waals surface area (Å²) in [6, 6.07) is 24.0. The lowest BCUT2D eigenvalue weighted by atomic mass is 9.97. The van der Waals surface area contributed by atoms with Gasteiger partial charge in [-0.3, -0.25) is 14.8 Å². The lowest BCUT2D eigenvalue weighted by molar-refractivity contribution is -0.255. The van der Waals surface area contributed by atoms with Gasteiger partial charge in [-0.05, 0) is 34.2 Å². The molecule has 3 aliphatic rings. The second-order valence-electron chi connectivity index (χ2n) is 12.7. The molecule has 0 radical (unpaired) electrons. The quantitative estimate of drug-likeness (QED) is 0.163. The average Bonchev–Trinajstić information content (AvgIpc) is 3.59. The van der Waals surface area contributed by atoms with E-state index in [0.29, 0.717) is 26.2 Å². The molecule has 0 saturated carbocycles. The molecule has 1 spiro atoms. The van der Waals surface area contributed by atoms with Crippen molar-refractivity contribution in [2.75, 3.05) is 32.8 Å². The number of rotatable bonds is 12. The Bertz CT molecular complexity index is 1500. The van der Waals surface area contributed by atoms with Crippen molar-refractivity contribution in [2.24, 2.45) is 0 Å². The molecule has 4 N–H and O–H groups in total. The van der Waals surface area contributed by atoms with Crippen LogP contribution in [0.4, 0.5) is 0 Å². The van der Waals surface area contributed by atoms with E-state index < -0.39 is 18.0 Å². The molecule has 6 rings (SSSR count). The van der Waals surface area contributed by atoms with Crippen LogP contribution in [0.2, 0.25) is 0 Å². The van der Waals surface area contributed by atoms with Gasteiger partial charge in [-0.1, -0.05) is 72.8 Å². The zero-order valence-corrected chi connectivity index (χ0v) is 27.1. The van der Waals surface area contributed by atoms with Gasteiger partial charge in [0.1, 0.15) is 0 Å². The van der Waals surface area contributed by atoms with Crippen molar-refractivity contribution >= 4 is 11.8 Å². The van der Waals surface area contributed by atoms with Crippen LogP contribution < -0.4 is 10.8 Å². The molecule has 3 fully saturated rings. The summed E-state index contributed by atoms with van der Waals surface area (Å²) in [6.45, 7) is 4.23. The molecular formula is C37H45N3O8. The van der Waals surface area contributed by atoms with Crippen LogP contribution in [-0.2, 0) is 41.7 Å². The number of hydroxylamine groups is 1. The lowest BCUT2D eigenvalue weighted by Crippen LogP contribution is -2.48. The topological polar surface area (TPSA) is 139 Å². The van der Waals surface area contributed by atoms with Crippen LogP contribution in [0.1, 0.15) is 73.2 Å². The van der Waals surface area contributed by atoms with E-state index in [4.69, 9.17) is 24.2 Å². The zero-order chi connectivity index (χ0) is 33.3. The number of likely N-dealkylation sites (tertiary alicyclic amines) is 1. The van der Waals surface area contributed by atoms with Crippen LogP contribution in [0.3, 0.4) is 0 Å². The molecule has 3 atom stereocenters. The van der Waals surface area contributed by atoms with Gasteiger partial charge < -0.3 is 34.3 Å². The molecular weight excluding hydrogens is 614 g/mol. The Hall–Kier alpha value is -3.68. The fourth-order valence-corrected chi connectivity index (χ4v) is 6.71. The fraction of sp³-hybridized carbons (Fsp3) is 0.459. The number of hydrogen-bond acceptors (Lipinski definition) is 9. The number of ether oxygens (including phenoxy) is 4. The second kappa shape index (κ2) is 16.1. The third-order valence-electron chi connectivity index (χ3n) is 9.43. The van der Waals surface area contributed by atoms with E-state index in [-0.39, 0.29) is 37.6 Å². The van der Waals surface area contributed by atoms with Gasteiger partial charge in [0.15, 0.2) is 12.1 Å². The lowest BCUT2D eigenvalue weighted by Gasteiger charge is -2.41. The molecule has 3 saturated heterocycles. The van der Waals surface area contributed by atoms with Gasteiger partial charge in [0.05, 0.1) is 32.0 Å². The van der Waals surface area contributed by atoms with E-state index in [1.807, 2.05) is 60.7 Å². The number of amides is 2. The molecule has 0 aromatic heterocycles. The first-order valence-corrected chi connectivity index (χ1v) is 16.8. The van der Waals surface area contributed by atoms with E-state index in [1.165, 1.54) is 0 Å². The van der Waals surface area contributed by atoms with E-state index in [9.17, 15) is 14.7 Å². The van der Waals surface area contributed by atoms with E-state index in [0.717, 1.165) is 72.3 Å². The molecule has 11 heteroatoms. The minimum absolute atomic E-state index is 0.00258. The van der Waals surface area contributed by atoms with E-state index in [2.05, 4.69) is 22.3 Å². The largest absolute Gasteiger partial charge is 0.392 e. The molecule has 0 bridgehead atoms. The number of aliphatic hydroxyl groups excluding tert-OH is 1. The molecule has 0 aliphatic carbocycles. The molecule has 2 amide bonds. The SMILES string of the molecule is O=C(CCCC(=O)NCc1ccccc1-c1ccc([C@H]2O[C@@H](CN3CCC4(CC3)OCCO4)C[C@@H](c3ccc(CO)cc3)O2)cc1)NO. The maximum Gasteiger partial charge on any atom is 0.243 e. The standard InChI is InChI=1S/C37H45N3O8/c41-25-26-8-10-28(11-9-26)33-22-31(24-40-18-16-37(17-19-40)45-20-21-46-37)47-36(48-33)29-14-12-27(13-15-29)32-5-2-1-4-30(32)23-38-34(42)6-3-7-35(43)39-44/h1-2,4-5,8-15,31,33,36,41,44H,3,6-7,16-25H2,(H,38,42)(H,39,43)/t31-,33+,36+/m1/s1. The first kappa shape index (κ1) is 34.2. The number of carbonyl (C=O) groups excluding carboxylic acids is 2. The molecule has 3 aliphatic heterocycles. The van der Waals surface area contributed by atoms with Crippen molar-refractivity contribution in [2.45, 2.75) is 76.0 Å². The van der Waals surface area contributed by atoms with Gasteiger partial charge in [-0.15, -0.1) is 0 Å². The van der Waals surface area contributed by atoms with E-state index >= 15 is 0 Å². The number of aliphatic hydroxyl groups is 1. The number of nitrogens with one attached hydrogen (secondary N) is 2. The van der Waals surface area contributed by atoms with Crippen molar-refractivity contribution in [3.8, 4) is 11.1 Å². The smallest absolute Gasteiger partial charge is 0.243 e. The molecule has 3 heterocycles. The second-order valence-corrected chi connectivity index (χ2v) is 12.7. The van der Waals surface area contributed by atoms with E-state index in [1.54, 1.807) is 5.48 Å². The van der Waals surface area contributed by atoms with Crippen molar-refractivity contribution in [3.05, 3.63) is 95.1 Å². The predicted octanol–water partition coefficient (Wildman–Crippen LogP) is 4.52. The number of carbonyl (C=O) groups is 2. The van der Waals surface area contributed by atoms with Gasteiger partial charge in [0, 0.05) is 63.8 Å². The molecule has 3 aromatic rings. The van der Waals surface area contributed by atoms with Gasteiger partial charge >= 0.3 is 0 Å². The average molecular weight is 660 g/mol. The highest BCUT2D eigenvalue weighted by molar-refractivity contribution is 5.78. The Kier molecular flexibility index (Phi) is 11.5. The summed E-state index contributed by atoms with van der Waals surface area (Å²) in [5.41, 5.74) is 7.40. The molecule has 48 heavy (non-hydrogen) atoms. The highest BCUT2D eigenvalue weighted by Crippen LogP contribution is 2.39. The molecule has 0 unspecified atom stereocenters. The Balaban J connectivity index is 1.13. The monoisotopic (exact) mass is 659 g/mol. The van der Waals surface area contributed by atoms with Crippen LogP contribution in [0, 0.1) is 0 Å². The summed E-state index contributed by atoms with van der Waals surface area (Å²) >= 11 is 0. The number of piperidine rings is 1. The fourth-order valence-electron chi connectivity index (χ4n) is 6.71. The Labute approximate surface area is 281 Å². The zero-order valence-electron chi connectivity index (χ0n) is 27.1. The summed E-state index contributed by atoms with van der Waals surface area (Å²) in [4.78, 5) is 26.0. The van der Waals surface area contributed by atoms with Crippen LogP contribution in [0.5, 0.6) is 0 Å². The summed E-state index contributed by atoms with van der Waals surface area (Å²) < 4.78 is 25.1. The molecule has 256 valence electrons. The van der Waals surface area contributed by atoms with Gasteiger partial charge in [-0.25, -0.2) is 5.48 Å². The van der Waals surface area contributed by atoms with Gasteiger partial charge in [-0.2, -0.15) is 0 Å². The summed E-state index contributed by atoms with van der Waals surface area (Å²) in [6.07, 6.45) is 2.28. The number of benzene rings is 3. The maximum atomic E-state index is 12.4. The first-order chi connectivity index (χ1) is 23.4. The third kappa shape index (κ3) is 8.66. The highest BCUT2D eigenvalue weighted by Gasteiger charge is 2.41. The normalized spacial score (nSPS) is 22.4. The van der Waals surface area contributed by atoms with Crippen molar-refractivity contribution in [3.63, 3.8) is 0 Å². The minimum Gasteiger partial charge on any atom is -0.392 e. The minimum atomic E-state index is -0.555.